The fourth-order valence-electron chi connectivity index (χ4n) is 1.53. The minimum absolute atomic E-state index is 0.147. The van der Waals surface area contributed by atoms with Gasteiger partial charge in [-0.1, -0.05) is 26.0 Å². The van der Waals surface area contributed by atoms with Crippen LogP contribution in [0.4, 0.5) is 0 Å². The fraction of sp³-hybridized carbons (Fsp3) is 0.571. The molecule has 2 N–H and O–H groups in total. The summed E-state index contributed by atoms with van der Waals surface area (Å²) in [5, 5.41) is 12.4. The molecule has 0 heterocycles. The molecule has 0 radical (unpaired) electrons. The Balaban J connectivity index is 2.67. The topological polar surface area (TPSA) is 41.5 Å². The van der Waals surface area contributed by atoms with E-state index in [2.05, 4.69) is 34.2 Å². The Morgan fingerprint density at radius 3 is 2.89 bits per heavy atom. The zero-order chi connectivity index (χ0) is 13.4. The molecule has 102 valence electrons. The normalized spacial score (nSPS) is 12.4. The standard InChI is InChI=1S/C14H22BrNO2/c1-3-7-16-8-12-5-4-6-13(15)14(12)18-10-11(2)9-17/h4-6,11,16-17H,3,7-10H2,1-2H3. The lowest BCUT2D eigenvalue weighted by molar-refractivity contribution is 0.173. The maximum atomic E-state index is 9.02. The molecule has 0 amide bonds. The molecular weight excluding hydrogens is 294 g/mol. The fourth-order valence-corrected chi connectivity index (χ4v) is 2.05. The van der Waals surface area contributed by atoms with Crippen LogP contribution in [0.5, 0.6) is 5.75 Å². The van der Waals surface area contributed by atoms with E-state index in [4.69, 9.17) is 9.84 Å². The summed E-state index contributed by atoms with van der Waals surface area (Å²) in [4.78, 5) is 0. The maximum Gasteiger partial charge on any atom is 0.137 e. The van der Waals surface area contributed by atoms with Gasteiger partial charge in [0.15, 0.2) is 0 Å². The largest absolute Gasteiger partial charge is 0.492 e. The van der Waals surface area contributed by atoms with Gasteiger partial charge in [-0.25, -0.2) is 0 Å². The molecule has 0 aliphatic heterocycles. The van der Waals surface area contributed by atoms with E-state index in [1.165, 1.54) is 0 Å². The first-order chi connectivity index (χ1) is 8.69. The molecule has 4 heteroatoms. The summed E-state index contributed by atoms with van der Waals surface area (Å²) in [5.74, 6) is 1.02. The molecule has 0 aromatic heterocycles. The second-order valence-electron chi connectivity index (χ2n) is 4.50. The molecule has 0 fully saturated rings. The first-order valence-electron chi connectivity index (χ1n) is 6.40. The molecule has 1 unspecified atom stereocenters. The van der Waals surface area contributed by atoms with Gasteiger partial charge in [-0.05, 0) is 35.0 Å². The Morgan fingerprint density at radius 2 is 2.22 bits per heavy atom. The van der Waals surface area contributed by atoms with Gasteiger partial charge in [0.25, 0.3) is 0 Å². The van der Waals surface area contributed by atoms with Crippen LogP contribution >= 0.6 is 15.9 Å². The SMILES string of the molecule is CCCNCc1cccc(Br)c1OCC(C)CO. The minimum Gasteiger partial charge on any atom is -0.492 e. The van der Waals surface area contributed by atoms with Crippen molar-refractivity contribution in [2.24, 2.45) is 5.92 Å². The summed E-state index contributed by atoms with van der Waals surface area (Å²) in [6, 6.07) is 6.05. The summed E-state index contributed by atoms with van der Waals surface area (Å²) in [6.45, 7) is 6.59. The van der Waals surface area contributed by atoms with Gasteiger partial charge < -0.3 is 15.2 Å². The molecule has 0 saturated heterocycles. The quantitative estimate of drug-likeness (QED) is 0.725. The Hall–Kier alpha value is -0.580. The third kappa shape index (κ3) is 4.96. The van der Waals surface area contributed by atoms with E-state index in [9.17, 15) is 0 Å². The van der Waals surface area contributed by atoms with Gasteiger partial charge in [0.1, 0.15) is 5.75 Å². The van der Waals surface area contributed by atoms with Crippen molar-refractivity contribution in [3.05, 3.63) is 28.2 Å². The van der Waals surface area contributed by atoms with Crippen LogP contribution in [0, 0.1) is 5.92 Å². The Kier molecular flexibility index (Phi) is 7.32. The van der Waals surface area contributed by atoms with Crippen molar-refractivity contribution in [1.82, 2.24) is 5.32 Å². The van der Waals surface area contributed by atoms with Crippen molar-refractivity contribution in [3.8, 4) is 5.75 Å². The highest BCUT2D eigenvalue weighted by Gasteiger charge is 2.09. The van der Waals surface area contributed by atoms with Gasteiger partial charge in [0.2, 0.25) is 0 Å². The van der Waals surface area contributed by atoms with Gasteiger partial charge >= 0.3 is 0 Å². The molecule has 0 saturated carbocycles. The first-order valence-corrected chi connectivity index (χ1v) is 7.20. The lowest BCUT2D eigenvalue weighted by atomic mass is 10.2. The number of nitrogens with one attached hydrogen (secondary N) is 1. The predicted molar refractivity (Wildman–Crippen MR) is 77.9 cm³/mol. The molecule has 0 aliphatic carbocycles. The average Bonchev–Trinajstić information content (AvgIpc) is 2.38. The third-order valence-corrected chi connectivity index (χ3v) is 3.24. The van der Waals surface area contributed by atoms with Crippen LogP contribution < -0.4 is 10.1 Å². The van der Waals surface area contributed by atoms with Crippen molar-refractivity contribution in [3.63, 3.8) is 0 Å². The number of benzene rings is 1. The molecule has 0 spiro atoms. The highest BCUT2D eigenvalue weighted by Crippen LogP contribution is 2.29. The second kappa shape index (κ2) is 8.51. The summed E-state index contributed by atoms with van der Waals surface area (Å²) < 4.78 is 6.77. The number of ether oxygens (including phenoxy) is 1. The molecule has 18 heavy (non-hydrogen) atoms. The number of para-hydroxylation sites is 1. The number of aliphatic hydroxyl groups is 1. The Morgan fingerprint density at radius 1 is 1.44 bits per heavy atom. The third-order valence-electron chi connectivity index (χ3n) is 2.61. The zero-order valence-electron chi connectivity index (χ0n) is 11.1. The molecule has 1 aromatic rings. The summed E-state index contributed by atoms with van der Waals surface area (Å²) >= 11 is 3.51. The van der Waals surface area contributed by atoms with Crippen molar-refractivity contribution in [2.75, 3.05) is 19.8 Å². The van der Waals surface area contributed by atoms with E-state index in [0.29, 0.717) is 6.61 Å². The number of hydrogen-bond acceptors (Lipinski definition) is 3. The van der Waals surface area contributed by atoms with E-state index in [0.717, 1.165) is 35.3 Å². The van der Waals surface area contributed by atoms with E-state index in [1.807, 2.05) is 19.1 Å². The lowest BCUT2D eigenvalue weighted by Gasteiger charge is -2.16. The predicted octanol–water partition coefficient (Wildman–Crippen LogP) is 2.96. The highest BCUT2D eigenvalue weighted by atomic mass is 79.9. The average molecular weight is 316 g/mol. The van der Waals surface area contributed by atoms with Crippen molar-refractivity contribution >= 4 is 15.9 Å². The smallest absolute Gasteiger partial charge is 0.137 e. The van der Waals surface area contributed by atoms with E-state index >= 15 is 0 Å². The molecule has 1 aromatic carbocycles. The molecule has 0 bridgehead atoms. The van der Waals surface area contributed by atoms with Gasteiger partial charge in [0, 0.05) is 24.6 Å². The molecular formula is C14H22BrNO2. The van der Waals surface area contributed by atoms with Gasteiger partial charge in [-0.15, -0.1) is 0 Å². The zero-order valence-corrected chi connectivity index (χ0v) is 12.7. The number of rotatable bonds is 8. The second-order valence-corrected chi connectivity index (χ2v) is 5.36. The summed E-state index contributed by atoms with van der Waals surface area (Å²) in [5.41, 5.74) is 1.14. The summed E-state index contributed by atoms with van der Waals surface area (Å²) in [6.07, 6.45) is 1.12. The Bertz CT molecular complexity index is 358. The van der Waals surface area contributed by atoms with Crippen molar-refractivity contribution < 1.29 is 9.84 Å². The maximum absolute atomic E-state index is 9.02. The van der Waals surface area contributed by atoms with E-state index < -0.39 is 0 Å². The van der Waals surface area contributed by atoms with Gasteiger partial charge in [-0.3, -0.25) is 0 Å². The van der Waals surface area contributed by atoms with Crippen LogP contribution in [-0.4, -0.2) is 24.9 Å². The summed E-state index contributed by atoms with van der Waals surface area (Å²) in [7, 11) is 0. The molecule has 1 rings (SSSR count). The van der Waals surface area contributed by atoms with Crippen LogP contribution in [-0.2, 0) is 6.54 Å². The van der Waals surface area contributed by atoms with Crippen molar-refractivity contribution in [2.45, 2.75) is 26.8 Å². The van der Waals surface area contributed by atoms with E-state index in [1.54, 1.807) is 0 Å². The van der Waals surface area contributed by atoms with Crippen molar-refractivity contribution in [1.29, 1.82) is 0 Å². The van der Waals surface area contributed by atoms with Crippen LogP contribution in [0.1, 0.15) is 25.8 Å². The van der Waals surface area contributed by atoms with Crippen LogP contribution in [0.25, 0.3) is 0 Å². The number of halogens is 1. The number of aliphatic hydroxyl groups excluding tert-OH is 1. The van der Waals surface area contributed by atoms with Crippen LogP contribution in [0.15, 0.2) is 22.7 Å². The van der Waals surface area contributed by atoms with E-state index in [-0.39, 0.29) is 12.5 Å². The molecule has 1 atom stereocenters. The molecule has 3 nitrogen and oxygen atoms in total. The number of hydrogen-bond donors (Lipinski definition) is 2. The molecule has 0 aliphatic rings. The van der Waals surface area contributed by atoms with Crippen LogP contribution in [0.3, 0.4) is 0 Å². The van der Waals surface area contributed by atoms with Crippen LogP contribution in [0.2, 0.25) is 0 Å². The monoisotopic (exact) mass is 315 g/mol. The van der Waals surface area contributed by atoms with Gasteiger partial charge in [-0.2, -0.15) is 0 Å². The van der Waals surface area contributed by atoms with Gasteiger partial charge in [0.05, 0.1) is 11.1 Å². The minimum atomic E-state index is 0.147. The highest BCUT2D eigenvalue weighted by molar-refractivity contribution is 9.10. The Labute approximate surface area is 118 Å². The lowest BCUT2D eigenvalue weighted by Crippen LogP contribution is -2.17. The first kappa shape index (κ1) is 15.5.